The monoisotopic (exact) mass is 200 g/mol. The third-order valence-corrected chi connectivity index (χ3v) is 2.37. The molecule has 1 amide bonds. The third-order valence-electron chi connectivity index (χ3n) is 2.37. The average Bonchev–Trinajstić information content (AvgIpc) is 2.00. The van der Waals surface area contributed by atoms with E-state index < -0.39 is 0 Å². The standard InChI is InChI=1S/C10H20N2O2/c1-8(2)11-10(13)9-6-12(7-9)4-5-14-3/h8-9H,4-7H2,1-3H3,(H,11,13). The molecule has 0 unspecified atom stereocenters. The van der Waals surface area contributed by atoms with Crippen LogP contribution in [0.25, 0.3) is 0 Å². The second-order valence-electron chi connectivity index (χ2n) is 4.11. The zero-order valence-corrected chi connectivity index (χ0v) is 9.25. The lowest BCUT2D eigenvalue weighted by molar-refractivity contribution is -0.131. The summed E-state index contributed by atoms with van der Waals surface area (Å²) in [6, 6.07) is 0.246. The fourth-order valence-corrected chi connectivity index (χ4v) is 1.54. The molecule has 1 aliphatic heterocycles. The first kappa shape index (κ1) is 11.5. The van der Waals surface area contributed by atoms with E-state index in [9.17, 15) is 4.79 Å². The van der Waals surface area contributed by atoms with Crippen molar-refractivity contribution in [3.63, 3.8) is 0 Å². The smallest absolute Gasteiger partial charge is 0.225 e. The highest BCUT2D eigenvalue weighted by atomic mass is 16.5. The van der Waals surface area contributed by atoms with Gasteiger partial charge in [0, 0.05) is 32.8 Å². The largest absolute Gasteiger partial charge is 0.383 e. The van der Waals surface area contributed by atoms with Crippen LogP contribution in [0.4, 0.5) is 0 Å². The molecule has 1 heterocycles. The number of ether oxygens (including phenoxy) is 1. The Kier molecular flexibility index (Phi) is 4.35. The van der Waals surface area contributed by atoms with Crippen LogP contribution < -0.4 is 5.32 Å². The molecule has 0 aliphatic carbocycles. The predicted octanol–water partition coefficient (Wildman–Crippen LogP) is 0.0892. The maximum absolute atomic E-state index is 11.5. The van der Waals surface area contributed by atoms with Gasteiger partial charge in [0.1, 0.15) is 0 Å². The van der Waals surface area contributed by atoms with Crippen molar-refractivity contribution in [3.8, 4) is 0 Å². The van der Waals surface area contributed by atoms with Crippen LogP contribution in [-0.2, 0) is 9.53 Å². The SMILES string of the molecule is COCCN1CC(C(=O)NC(C)C)C1. The lowest BCUT2D eigenvalue weighted by atomic mass is 9.99. The molecule has 0 bridgehead atoms. The summed E-state index contributed by atoms with van der Waals surface area (Å²) in [5.41, 5.74) is 0. The second kappa shape index (κ2) is 5.32. The Labute approximate surface area is 85.6 Å². The first-order chi connectivity index (χ1) is 6.63. The fraction of sp³-hybridized carbons (Fsp3) is 0.900. The first-order valence-electron chi connectivity index (χ1n) is 5.15. The van der Waals surface area contributed by atoms with Gasteiger partial charge in [-0.2, -0.15) is 0 Å². The highest BCUT2D eigenvalue weighted by Gasteiger charge is 2.32. The number of carbonyl (C=O) groups is 1. The van der Waals surface area contributed by atoms with Crippen LogP contribution in [0.2, 0.25) is 0 Å². The molecule has 0 atom stereocenters. The molecule has 1 saturated heterocycles. The van der Waals surface area contributed by atoms with E-state index in [-0.39, 0.29) is 17.9 Å². The molecule has 0 saturated carbocycles. The molecule has 1 aliphatic rings. The van der Waals surface area contributed by atoms with Crippen LogP contribution in [-0.4, -0.2) is 50.2 Å². The van der Waals surface area contributed by atoms with Gasteiger partial charge in [0.05, 0.1) is 12.5 Å². The van der Waals surface area contributed by atoms with Crippen LogP contribution in [0.3, 0.4) is 0 Å². The van der Waals surface area contributed by atoms with Gasteiger partial charge in [-0.3, -0.25) is 9.69 Å². The van der Waals surface area contributed by atoms with E-state index in [0.29, 0.717) is 0 Å². The summed E-state index contributed by atoms with van der Waals surface area (Å²) in [5, 5.41) is 2.92. The van der Waals surface area contributed by atoms with Crippen LogP contribution in [0.15, 0.2) is 0 Å². The van der Waals surface area contributed by atoms with E-state index in [1.165, 1.54) is 0 Å². The van der Waals surface area contributed by atoms with Crippen LogP contribution in [0.5, 0.6) is 0 Å². The summed E-state index contributed by atoms with van der Waals surface area (Å²) in [6.07, 6.45) is 0. The number of hydrogen-bond acceptors (Lipinski definition) is 3. The maximum Gasteiger partial charge on any atom is 0.225 e. The third kappa shape index (κ3) is 3.27. The minimum atomic E-state index is 0.189. The van der Waals surface area contributed by atoms with E-state index in [4.69, 9.17) is 4.74 Å². The van der Waals surface area contributed by atoms with E-state index in [2.05, 4.69) is 10.2 Å². The van der Waals surface area contributed by atoms with Crippen molar-refractivity contribution in [2.24, 2.45) is 5.92 Å². The number of amides is 1. The van der Waals surface area contributed by atoms with Gasteiger partial charge in [-0.25, -0.2) is 0 Å². The van der Waals surface area contributed by atoms with Crippen LogP contribution in [0.1, 0.15) is 13.8 Å². The molecule has 1 fully saturated rings. The Morgan fingerprint density at radius 1 is 1.57 bits per heavy atom. The van der Waals surface area contributed by atoms with Crippen molar-refractivity contribution < 1.29 is 9.53 Å². The van der Waals surface area contributed by atoms with Crippen molar-refractivity contribution >= 4 is 5.91 Å². The fourth-order valence-electron chi connectivity index (χ4n) is 1.54. The van der Waals surface area contributed by atoms with E-state index >= 15 is 0 Å². The first-order valence-corrected chi connectivity index (χ1v) is 5.15. The molecule has 0 radical (unpaired) electrons. The number of hydrogen-bond donors (Lipinski definition) is 1. The number of likely N-dealkylation sites (tertiary alicyclic amines) is 1. The van der Waals surface area contributed by atoms with Crippen molar-refractivity contribution in [1.29, 1.82) is 0 Å². The maximum atomic E-state index is 11.5. The van der Waals surface area contributed by atoms with Crippen LogP contribution >= 0.6 is 0 Å². The number of nitrogens with zero attached hydrogens (tertiary/aromatic N) is 1. The molecule has 0 aromatic rings. The molecule has 4 nitrogen and oxygen atoms in total. The van der Waals surface area contributed by atoms with Gasteiger partial charge >= 0.3 is 0 Å². The van der Waals surface area contributed by atoms with E-state index in [0.717, 1.165) is 26.2 Å². The Morgan fingerprint density at radius 2 is 2.21 bits per heavy atom. The minimum Gasteiger partial charge on any atom is -0.383 e. The van der Waals surface area contributed by atoms with Crippen LogP contribution in [0, 0.1) is 5.92 Å². The Morgan fingerprint density at radius 3 is 2.71 bits per heavy atom. The minimum absolute atomic E-state index is 0.189. The molecular formula is C10H20N2O2. The zero-order valence-electron chi connectivity index (χ0n) is 9.25. The zero-order chi connectivity index (χ0) is 10.6. The van der Waals surface area contributed by atoms with Gasteiger partial charge < -0.3 is 10.1 Å². The predicted molar refractivity (Wildman–Crippen MR) is 55.1 cm³/mol. The summed E-state index contributed by atoms with van der Waals surface area (Å²) >= 11 is 0. The van der Waals surface area contributed by atoms with Crippen molar-refractivity contribution in [2.45, 2.75) is 19.9 Å². The van der Waals surface area contributed by atoms with Crippen molar-refractivity contribution in [3.05, 3.63) is 0 Å². The Bertz CT molecular complexity index is 189. The van der Waals surface area contributed by atoms with Crippen molar-refractivity contribution in [1.82, 2.24) is 10.2 Å². The summed E-state index contributed by atoms with van der Waals surface area (Å²) in [6.45, 7) is 7.41. The molecule has 0 aromatic carbocycles. The molecule has 14 heavy (non-hydrogen) atoms. The van der Waals surface area contributed by atoms with Gasteiger partial charge in [-0.15, -0.1) is 0 Å². The second-order valence-corrected chi connectivity index (χ2v) is 4.11. The molecule has 1 rings (SSSR count). The highest BCUT2D eigenvalue weighted by Crippen LogP contribution is 2.14. The van der Waals surface area contributed by atoms with Gasteiger partial charge in [0.25, 0.3) is 0 Å². The molecule has 4 heteroatoms. The summed E-state index contributed by atoms with van der Waals surface area (Å²) in [7, 11) is 1.70. The van der Waals surface area contributed by atoms with Gasteiger partial charge in [-0.05, 0) is 13.8 Å². The molecule has 1 N–H and O–H groups in total. The summed E-state index contributed by atoms with van der Waals surface area (Å²) in [4.78, 5) is 13.7. The molecule has 82 valence electrons. The topological polar surface area (TPSA) is 41.6 Å². The number of rotatable bonds is 5. The highest BCUT2D eigenvalue weighted by molar-refractivity contribution is 5.80. The van der Waals surface area contributed by atoms with Gasteiger partial charge in [0.15, 0.2) is 0 Å². The van der Waals surface area contributed by atoms with Gasteiger partial charge in [0.2, 0.25) is 5.91 Å². The van der Waals surface area contributed by atoms with E-state index in [1.807, 2.05) is 13.8 Å². The normalized spacial score (nSPS) is 18.3. The number of nitrogens with one attached hydrogen (secondary N) is 1. The Hall–Kier alpha value is -0.610. The summed E-state index contributed by atoms with van der Waals surface area (Å²) in [5.74, 6) is 0.378. The lowest BCUT2D eigenvalue weighted by Crippen LogP contribution is -2.55. The molecule has 0 spiro atoms. The van der Waals surface area contributed by atoms with Gasteiger partial charge in [-0.1, -0.05) is 0 Å². The quantitative estimate of drug-likeness (QED) is 0.684. The molecular weight excluding hydrogens is 180 g/mol. The average molecular weight is 200 g/mol. The van der Waals surface area contributed by atoms with E-state index in [1.54, 1.807) is 7.11 Å². The lowest BCUT2D eigenvalue weighted by Gasteiger charge is -2.38. The summed E-state index contributed by atoms with van der Waals surface area (Å²) < 4.78 is 4.97. The van der Waals surface area contributed by atoms with Crippen molar-refractivity contribution in [2.75, 3.05) is 33.4 Å². The number of carbonyl (C=O) groups excluding carboxylic acids is 1. The molecule has 0 aromatic heterocycles. The number of methoxy groups -OCH3 is 1. The Balaban J connectivity index is 2.11.